The second kappa shape index (κ2) is 5.30. The van der Waals surface area contributed by atoms with Crippen molar-refractivity contribution >= 4 is 17.7 Å². The van der Waals surface area contributed by atoms with E-state index in [4.69, 9.17) is 0 Å². The Bertz CT molecular complexity index is 501. The molecule has 0 radical (unpaired) electrons. The van der Waals surface area contributed by atoms with Gasteiger partial charge < -0.3 is 10.0 Å². The lowest BCUT2D eigenvalue weighted by atomic mass is 10.1. The Morgan fingerprint density at radius 1 is 1.42 bits per heavy atom. The molecule has 0 bridgehead atoms. The number of anilines is 1. The molecule has 0 saturated carbocycles. The van der Waals surface area contributed by atoms with E-state index in [0.29, 0.717) is 18.7 Å². The van der Waals surface area contributed by atoms with Crippen LogP contribution in [0.15, 0.2) is 24.3 Å². The van der Waals surface area contributed by atoms with Gasteiger partial charge in [0.25, 0.3) is 0 Å². The Balaban J connectivity index is 2.34. The number of carbonyl (C=O) groups is 2. The Hall–Kier alpha value is -2.04. The van der Waals surface area contributed by atoms with Gasteiger partial charge in [-0.2, -0.15) is 0 Å². The van der Waals surface area contributed by atoms with Crippen molar-refractivity contribution < 1.29 is 14.7 Å². The molecule has 5 heteroatoms. The summed E-state index contributed by atoms with van der Waals surface area (Å²) in [5.41, 5.74) is 1.62. The van der Waals surface area contributed by atoms with Crippen LogP contribution in [-0.4, -0.2) is 41.6 Å². The molecule has 1 aromatic carbocycles. The van der Waals surface area contributed by atoms with Gasteiger partial charge in [-0.15, -0.1) is 0 Å². The van der Waals surface area contributed by atoms with E-state index in [1.54, 1.807) is 18.0 Å². The van der Waals surface area contributed by atoms with Gasteiger partial charge in [0.1, 0.15) is 6.04 Å². The molecule has 1 unspecified atom stereocenters. The van der Waals surface area contributed by atoms with Crippen LogP contribution in [0.5, 0.6) is 0 Å². The summed E-state index contributed by atoms with van der Waals surface area (Å²) in [7, 11) is 1.70. The molecule has 0 spiro atoms. The van der Waals surface area contributed by atoms with Crippen LogP contribution in [0.4, 0.5) is 10.5 Å². The third-order valence-electron chi connectivity index (χ3n) is 3.35. The van der Waals surface area contributed by atoms with E-state index in [2.05, 4.69) is 0 Å². The molecule has 1 heterocycles. The lowest BCUT2D eigenvalue weighted by molar-refractivity contribution is -0.138. The van der Waals surface area contributed by atoms with Gasteiger partial charge >= 0.3 is 12.0 Å². The van der Waals surface area contributed by atoms with Crippen molar-refractivity contribution in [1.29, 1.82) is 0 Å². The number of urea groups is 1. The van der Waals surface area contributed by atoms with E-state index >= 15 is 0 Å². The van der Waals surface area contributed by atoms with Crippen LogP contribution in [0.1, 0.15) is 18.9 Å². The van der Waals surface area contributed by atoms with Crippen molar-refractivity contribution in [1.82, 2.24) is 4.90 Å². The number of para-hydroxylation sites is 1. The molecule has 2 amide bonds. The number of nitrogens with zero attached hydrogens (tertiary/aromatic N) is 2. The molecule has 5 nitrogen and oxygen atoms in total. The zero-order valence-corrected chi connectivity index (χ0v) is 11.2. The van der Waals surface area contributed by atoms with Gasteiger partial charge in [-0.1, -0.05) is 25.1 Å². The van der Waals surface area contributed by atoms with Crippen LogP contribution in [0.25, 0.3) is 0 Å². The highest BCUT2D eigenvalue weighted by Gasteiger charge is 2.39. The van der Waals surface area contributed by atoms with Gasteiger partial charge in [0, 0.05) is 25.7 Å². The van der Waals surface area contributed by atoms with Crippen molar-refractivity contribution in [3.05, 3.63) is 29.8 Å². The Labute approximate surface area is 112 Å². The molecular weight excluding hydrogens is 244 g/mol. The van der Waals surface area contributed by atoms with Crippen LogP contribution < -0.4 is 4.90 Å². The van der Waals surface area contributed by atoms with Gasteiger partial charge in [-0.25, -0.2) is 9.59 Å². The monoisotopic (exact) mass is 262 g/mol. The smallest absolute Gasteiger partial charge is 0.327 e. The first-order valence-electron chi connectivity index (χ1n) is 6.41. The molecule has 1 N–H and O–H groups in total. The minimum Gasteiger partial charge on any atom is -0.480 e. The SMILES string of the molecule is CCCN(C)C(=O)N1c2ccccc2CC1C(=O)O. The fourth-order valence-electron chi connectivity index (χ4n) is 2.44. The number of carboxylic acid groups (broad SMARTS) is 1. The molecular formula is C14H18N2O3. The summed E-state index contributed by atoms with van der Waals surface area (Å²) in [6.07, 6.45) is 1.21. The van der Waals surface area contributed by atoms with Crippen molar-refractivity contribution in [2.24, 2.45) is 0 Å². The average Bonchev–Trinajstić information content (AvgIpc) is 2.77. The Morgan fingerprint density at radius 3 is 2.74 bits per heavy atom. The number of benzene rings is 1. The molecule has 1 aromatic rings. The number of rotatable bonds is 3. The third kappa shape index (κ3) is 2.41. The maximum absolute atomic E-state index is 12.4. The molecule has 1 atom stereocenters. The van der Waals surface area contributed by atoms with Gasteiger partial charge in [0.05, 0.1) is 0 Å². The van der Waals surface area contributed by atoms with Gasteiger partial charge in [-0.3, -0.25) is 4.90 Å². The second-order valence-corrected chi connectivity index (χ2v) is 4.76. The van der Waals surface area contributed by atoms with Gasteiger partial charge in [-0.05, 0) is 18.1 Å². The van der Waals surface area contributed by atoms with E-state index < -0.39 is 12.0 Å². The number of amides is 2. The molecule has 1 aliphatic rings. The predicted molar refractivity (Wildman–Crippen MR) is 72.4 cm³/mol. The number of fused-ring (bicyclic) bond motifs is 1. The first-order chi connectivity index (χ1) is 9.06. The maximum atomic E-state index is 12.4. The molecule has 1 aliphatic heterocycles. The van der Waals surface area contributed by atoms with E-state index in [-0.39, 0.29) is 6.03 Å². The zero-order chi connectivity index (χ0) is 14.0. The minimum absolute atomic E-state index is 0.251. The highest BCUT2D eigenvalue weighted by molar-refractivity contribution is 6.00. The van der Waals surface area contributed by atoms with Crippen LogP contribution in [-0.2, 0) is 11.2 Å². The highest BCUT2D eigenvalue weighted by atomic mass is 16.4. The van der Waals surface area contributed by atoms with Crippen molar-refractivity contribution in [3.8, 4) is 0 Å². The van der Waals surface area contributed by atoms with Crippen molar-refractivity contribution in [2.75, 3.05) is 18.5 Å². The lowest BCUT2D eigenvalue weighted by Gasteiger charge is -2.28. The van der Waals surface area contributed by atoms with Crippen LogP contribution >= 0.6 is 0 Å². The summed E-state index contributed by atoms with van der Waals surface area (Å²) in [6, 6.07) is 6.31. The summed E-state index contributed by atoms with van der Waals surface area (Å²) in [4.78, 5) is 26.7. The van der Waals surface area contributed by atoms with Crippen molar-refractivity contribution in [3.63, 3.8) is 0 Å². The fourth-order valence-corrected chi connectivity index (χ4v) is 2.44. The minimum atomic E-state index is -0.963. The topological polar surface area (TPSA) is 60.9 Å². The number of hydrogen-bond donors (Lipinski definition) is 1. The van der Waals surface area contributed by atoms with Gasteiger partial charge in [0.15, 0.2) is 0 Å². The summed E-state index contributed by atoms with van der Waals surface area (Å²) >= 11 is 0. The molecule has 0 fully saturated rings. The van der Waals surface area contributed by atoms with E-state index in [1.807, 2.05) is 25.1 Å². The molecule has 0 saturated heterocycles. The Morgan fingerprint density at radius 2 is 2.11 bits per heavy atom. The number of carboxylic acids is 1. The lowest BCUT2D eigenvalue weighted by Crippen LogP contribution is -2.48. The predicted octanol–water partition coefficient (Wildman–Crippen LogP) is 1.96. The van der Waals surface area contributed by atoms with E-state index in [9.17, 15) is 14.7 Å². The quantitative estimate of drug-likeness (QED) is 0.905. The summed E-state index contributed by atoms with van der Waals surface area (Å²) in [5, 5.41) is 9.30. The molecule has 102 valence electrons. The van der Waals surface area contributed by atoms with Crippen LogP contribution in [0.3, 0.4) is 0 Å². The molecule has 19 heavy (non-hydrogen) atoms. The largest absolute Gasteiger partial charge is 0.480 e. The first kappa shape index (κ1) is 13.4. The van der Waals surface area contributed by atoms with Gasteiger partial charge in [0.2, 0.25) is 0 Å². The third-order valence-corrected chi connectivity index (χ3v) is 3.35. The Kier molecular flexibility index (Phi) is 3.74. The average molecular weight is 262 g/mol. The van der Waals surface area contributed by atoms with Crippen LogP contribution in [0.2, 0.25) is 0 Å². The molecule has 2 rings (SSSR count). The van der Waals surface area contributed by atoms with Crippen molar-refractivity contribution in [2.45, 2.75) is 25.8 Å². The highest BCUT2D eigenvalue weighted by Crippen LogP contribution is 2.32. The summed E-state index contributed by atoms with van der Waals surface area (Å²) < 4.78 is 0. The van der Waals surface area contributed by atoms with E-state index in [1.165, 1.54) is 4.90 Å². The first-order valence-corrected chi connectivity index (χ1v) is 6.41. The summed E-state index contributed by atoms with van der Waals surface area (Å²) in [6.45, 7) is 2.60. The number of carbonyl (C=O) groups excluding carboxylic acids is 1. The second-order valence-electron chi connectivity index (χ2n) is 4.76. The normalized spacial score (nSPS) is 17.2. The van der Waals surface area contributed by atoms with Crippen LogP contribution in [0, 0.1) is 0 Å². The number of aliphatic carboxylic acids is 1. The van der Waals surface area contributed by atoms with E-state index in [0.717, 1.165) is 12.0 Å². The zero-order valence-electron chi connectivity index (χ0n) is 11.2. The molecule has 0 aliphatic carbocycles. The standard InChI is InChI=1S/C14H18N2O3/c1-3-8-15(2)14(19)16-11-7-5-4-6-10(11)9-12(16)13(17)18/h4-7,12H,3,8-9H2,1-2H3,(H,17,18). The number of hydrogen-bond acceptors (Lipinski definition) is 2. The fraction of sp³-hybridized carbons (Fsp3) is 0.429. The summed E-state index contributed by atoms with van der Waals surface area (Å²) in [5.74, 6) is -0.963. The maximum Gasteiger partial charge on any atom is 0.327 e. The molecule has 0 aromatic heterocycles.